The van der Waals surface area contributed by atoms with Crippen LogP contribution >= 0.6 is 31.9 Å². The number of hydrogen-bond acceptors (Lipinski definition) is 2. The molecule has 0 aliphatic rings. The Bertz CT molecular complexity index is 570. The first-order chi connectivity index (χ1) is 10.1. The van der Waals surface area contributed by atoms with Crippen LogP contribution in [0.15, 0.2) is 48.5 Å². The van der Waals surface area contributed by atoms with E-state index in [9.17, 15) is 0 Å². The lowest BCUT2D eigenvalue weighted by molar-refractivity contribution is 0.284. The standard InChI is InChI=1S/C17H18Br2O2/c1-12(18)17(19)14-8-9-15(16(10-14)20-2)21-11-13-6-4-3-5-7-13/h3-10,12,17H,11H2,1-2H3. The Kier molecular flexibility index (Phi) is 6.12. The maximum absolute atomic E-state index is 5.86. The molecule has 0 fully saturated rings. The molecule has 2 atom stereocenters. The van der Waals surface area contributed by atoms with E-state index in [4.69, 9.17) is 9.47 Å². The van der Waals surface area contributed by atoms with Gasteiger partial charge in [0.05, 0.1) is 11.9 Å². The van der Waals surface area contributed by atoms with Gasteiger partial charge in [-0.15, -0.1) is 0 Å². The van der Waals surface area contributed by atoms with Crippen molar-refractivity contribution in [2.45, 2.75) is 23.2 Å². The van der Waals surface area contributed by atoms with E-state index in [1.54, 1.807) is 7.11 Å². The summed E-state index contributed by atoms with van der Waals surface area (Å²) in [7, 11) is 1.66. The summed E-state index contributed by atoms with van der Waals surface area (Å²) in [6.07, 6.45) is 0. The smallest absolute Gasteiger partial charge is 0.161 e. The lowest BCUT2D eigenvalue weighted by atomic mass is 10.1. The topological polar surface area (TPSA) is 18.5 Å². The first-order valence-electron chi connectivity index (χ1n) is 6.74. The van der Waals surface area contributed by atoms with Gasteiger partial charge in [-0.05, 0) is 23.3 Å². The van der Waals surface area contributed by atoms with Crippen LogP contribution in [0.3, 0.4) is 0 Å². The van der Waals surface area contributed by atoms with Gasteiger partial charge < -0.3 is 9.47 Å². The van der Waals surface area contributed by atoms with Gasteiger partial charge in [0, 0.05) is 4.83 Å². The number of alkyl halides is 2. The largest absolute Gasteiger partial charge is 0.493 e. The van der Waals surface area contributed by atoms with Crippen molar-refractivity contribution in [1.29, 1.82) is 0 Å². The lowest BCUT2D eigenvalue weighted by Gasteiger charge is -2.16. The van der Waals surface area contributed by atoms with Crippen molar-refractivity contribution in [1.82, 2.24) is 0 Å². The summed E-state index contributed by atoms with van der Waals surface area (Å²) in [5.41, 5.74) is 2.29. The molecule has 4 heteroatoms. The highest BCUT2D eigenvalue weighted by Gasteiger charge is 2.16. The molecule has 2 aromatic rings. The minimum absolute atomic E-state index is 0.231. The van der Waals surface area contributed by atoms with E-state index < -0.39 is 0 Å². The molecule has 0 spiro atoms. The van der Waals surface area contributed by atoms with E-state index in [0.717, 1.165) is 22.6 Å². The predicted octanol–water partition coefficient (Wildman–Crippen LogP) is 5.49. The van der Waals surface area contributed by atoms with Crippen molar-refractivity contribution < 1.29 is 9.47 Å². The van der Waals surface area contributed by atoms with Gasteiger partial charge in [0.25, 0.3) is 0 Å². The Balaban J connectivity index is 2.13. The number of ether oxygens (including phenoxy) is 2. The lowest BCUT2D eigenvalue weighted by Crippen LogP contribution is -2.03. The summed E-state index contributed by atoms with van der Waals surface area (Å²) in [5.74, 6) is 1.51. The van der Waals surface area contributed by atoms with Crippen molar-refractivity contribution in [2.24, 2.45) is 0 Å². The fourth-order valence-electron chi connectivity index (χ4n) is 1.98. The van der Waals surface area contributed by atoms with E-state index in [2.05, 4.69) is 44.8 Å². The summed E-state index contributed by atoms with van der Waals surface area (Å²) in [5, 5.41) is 0. The first kappa shape index (κ1) is 16.4. The van der Waals surface area contributed by atoms with E-state index in [0.29, 0.717) is 11.4 Å². The average molecular weight is 414 g/mol. The Morgan fingerprint density at radius 3 is 2.33 bits per heavy atom. The highest BCUT2D eigenvalue weighted by molar-refractivity contribution is 9.12. The van der Waals surface area contributed by atoms with Gasteiger partial charge in [-0.1, -0.05) is 75.2 Å². The molecular formula is C17H18Br2O2. The number of hydrogen-bond donors (Lipinski definition) is 0. The Hall–Kier alpha value is -1.00. The van der Waals surface area contributed by atoms with Crippen LogP contribution in [0.2, 0.25) is 0 Å². The fraction of sp³-hybridized carbons (Fsp3) is 0.294. The number of benzene rings is 2. The number of rotatable bonds is 6. The summed E-state index contributed by atoms with van der Waals surface area (Å²) in [6, 6.07) is 16.1. The molecule has 0 aromatic heterocycles. The normalized spacial score (nSPS) is 13.5. The zero-order chi connectivity index (χ0) is 15.2. The van der Waals surface area contributed by atoms with Crippen molar-refractivity contribution in [3.8, 4) is 11.5 Å². The molecular weight excluding hydrogens is 396 g/mol. The van der Waals surface area contributed by atoms with E-state index in [1.165, 1.54) is 0 Å². The van der Waals surface area contributed by atoms with Crippen molar-refractivity contribution in [2.75, 3.05) is 7.11 Å². The molecule has 2 unspecified atom stereocenters. The summed E-state index contributed by atoms with van der Waals surface area (Å²) in [6.45, 7) is 2.63. The second-order valence-electron chi connectivity index (χ2n) is 4.76. The maximum atomic E-state index is 5.86. The second kappa shape index (κ2) is 7.85. The third kappa shape index (κ3) is 4.48. The van der Waals surface area contributed by atoms with Gasteiger partial charge in [-0.25, -0.2) is 0 Å². The Labute approximate surface area is 142 Å². The van der Waals surface area contributed by atoms with E-state index in [-0.39, 0.29) is 4.83 Å². The van der Waals surface area contributed by atoms with Gasteiger partial charge in [0.1, 0.15) is 6.61 Å². The van der Waals surface area contributed by atoms with Crippen molar-refractivity contribution >= 4 is 31.9 Å². The van der Waals surface area contributed by atoms with Crippen molar-refractivity contribution in [3.05, 3.63) is 59.7 Å². The van der Waals surface area contributed by atoms with Gasteiger partial charge in [-0.2, -0.15) is 0 Å². The molecule has 0 radical (unpaired) electrons. The molecule has 21 heavy (non-hydrogen) atoms. The minimum Gasteiger partial charge on any atom is -0.493 e. The zero-order valence-corrected chi connectivity index (χ0v) is 15.2. The van der Waals surface area contributed by atoms with Gasteiger partial charge in [0.2, 0.25) is 0 Å². The number of methoxy groups -OCH3 is 1. The van der Waals surface area contributed by atoms with Crippen LogP contribution in [0.4, 0.5) is 0 Å². The molecule has 112 valence electrons. The molecule has 0 aliphatic carbocycles. The Morgan fingerprint density at radius 2 is 1.71 bits per heavy atom. The molecule has 0 heterocycles. The molecule has 2 nitrogen and oxygen atoms in total. The predicted molar refractivity (Wildman–Crippen MR) is 93.8 cm³/mol. The molecule has 2 rings (SSSR count). The Morgan fingerprint density at radius 1 is 1.00 bits per heavy atom. The van der Waals surface area contributed by atoms with E-state index in [1.807, 2.05) is 42.5 Å². The average Bonchev–Trinajstić information content (AvgIpc) is 2.53. The molecule has 0 bridgehead atoms. The fourth-order valence-corrected chi connectivity index (χ4v) is 2.57. The summed E-state index contributed by atoms with van der Waals surface area (Å²) in [4.78, 5) is 0.563. The van der Waals surface area contributed by atoms with Gasteiger partial charge >= 0.3 is 0 Å². The van der Waals surface area contributed by atoms with Gasteiger partial charge in [0.15, 0.2) is 11.5 Å². The molecule has 0 N–H and O–H groups in total. The van der Waals surface area contributed by atoms with Crippen LogP contribution in [-0.4, -0.2) is 11.9 Å². The first-order valence-corrected chi connectivity index (χ1v) is 8.57. The quantitative estimate of drug-likeness (QED) is 0.582. The van der Waals surface area contributed by atoms with Crippen LogP contribution in [-0.2, 0) is 6.61 Å². The third-order valence-corrected chi connectivity index (χ3v) is 5.71. The molecule has 0 aliphatic heterocycles. The maximum Gasteiger partial charge on any atom is 0.161 e. The minimum atomic E-state index is 0.231. The summed E-state index contributed by atoms with van der Waals surface area (Å²) >= 11 is 7.25. The van der Waals surface area contributed by atoms with Crippen LogP contribution in [0, 0.1) is 0 Å². The van der Waals surface area contributed by atoms with Crippen molar-refractivity contribution in [3.63, 3.8) is 0 Å². The van der Waals surface area contributed by atoms with E-state index >= 15 is 0 Å². The monoisotopic (exact) mass is 412 g/mol. The molecule has 0 saturated carbocycles. The number of halogens is 2. The van der Waals surface area contributed by atoms with Crippen LogP contribution in [0.5, 0.6) is 11.5 Å². The highest BCUT2D eigenvalue weighted by atomic mass is 79.9. The zero-order valence-electron chi connectivity index (χ0n) is 12.1. The second-order valence-corrected chi connectivity index (χ2v) is 7.19. The summed E-state index contributed by atoms with van der Waals surface area (Å²) < 4.78 is 11.3. The van der Waals surface area contributed by atoms with Crippen LogP contribution < -0.4 is 9.47 Å². The van der Waals surface area contributed by atoms with Gasteiger partial charge in [-0.3, -0.25) is 0 Å². The molecule has 0 saturated heterocycles. The van der Waals surface area contributed by atoms with Crippen LogP contribution in [0.25, 0.3) is 0 Å². The highest BCUT2D eigenvalue weighted by Crippen LogP contribution is 2.36. The third-order valence-electron chi connectivity index (χ3n) is 3.15. The molecule has 2 aromatic carbocycles. The SMILES string of the molecule is COc1cc(C(Br)C(C)Br)ccc1OCc1ccccc1. The van der Waals surface area contributed by atoms with Crippen LogP contribution in [0.1, 0.15) is 22.9 Å². The molecule has 0 amide bonds.